The molecule has 355 valence electrons. The van der Waals surface area contributed by atoms with E-state index < -0.39 is 195 Å². The maximum absolute atomic E-state index is 16.2. The van der Waals surface area contributed by atoms with Crippen LogP contribution in [0.15, 0.2) is 34.1 Å². The number of hydrogen-bond acceptors (Lipinski definition) is 8. The van der Waals surface area contributed by atoms with Crippen molar-refractivity contribution < 1.29 is 110 Å². The molecule has 0 fully saturated rings. The Morgan fingerprint density at radius 3 is 1.15 bits per heavy atom. The third kappa shape index (κ3) is 7.37. The largest absolute Gasteiger partial charge is 3.00 e. The van der Waals surface area contributed by atoms with Crippen LogP contribution in [0.5, 0.6) is 17.2 Å². The standard InChI is InChI=1S/C40H20F12N4O9S2.Fe/c1-63-38-30(47)24(41)21(25(42)31(38)48)18-10-4-5-12(53-10)19(22-26(43)32(49)39(64-2)33(50)27(22)44)14-8-16(66(57,58)59)36(55-14)15-9-17(67(60,61)62)37(56-15)20(13-7-6-11(18)54-13)23-28(45)34(51)40(65-3)35(52)29(23)46;/h4-9,53,55-56H,1-3H3,(H,57,58,59)(H,60,61,62);/q;+3. The van der Waals surface area contributed by atoms with Crippen LogP contribution >= 0.6 is 0 Å². The Bertz CT molecular complexity index is 3680. The van der Waals surface area contributed by atoms with Gasteiger partial charge >= 0.3 is 17.1 Å². The van der Waals surface area contributed by atoms with Gasteiger partial charge in [-0.05, 0) is 36.4 Å². The van der Waals surface area contributed by atoms with Gasteiger partial charge in [0, 0.05) is 27.7 Å². The fourth-order valence-corrected chi connectivity index (χ4v) is 8.85. The molecule has 0 aliphatic carbocycles. The summed E-state index contributed by atoms with van der Waals surface area (Å²) in [6, 6.07) is 2.11. The topological polar surface area (TPSA) is 197 Å². The third-order valence-corrected chi connectivity index (χ3v) is 12.1. The molecule has 0 atom stereocenters. The fraction of sp³-hybridized carbons (Fsp3) is 0.0750. The molecular formula is C40H20F12FeN4O9S2+3. The number of H-pyrrole nitrogens is 3. The molecule has 0 saturated heterocycles. The van der Waals surface area contributed by atoms with E-state index in [9.17, 15) is 25.9 Å². The molecule has 5 heterocycles. The summed E-state index contributed by atoms with van der Waals surface area (Å²) in [6.45, 7) is 0. The molecule has 0 unspecified atom stereocenters. The van der Waals surface area contributed by atoms with Crippen LogP contribution in [0, 0.1) is 69.8 Å². The Balaban J connectivity index is 0.00000684. The maximum atomic E-state index is 16.2. The smallest absolute Gasteiger partial charge is 0.491 e. The predicted molar refractivity (Wildman–Crippen MR) is 210 cm³/mol. The van der Waals surface area contributed by atoms with Gasteiger partial charge in [-0.1, -0.05) is 0 Å². The second kappa shape index (κ2) is 17.1. The Morgan fingerprint density at radius 1 is 0.426 bits per heavy atom. The summed E-state index contributed by atoms with van der Waals surface area (Å²) in [5, 5.41) is 0. The number of nitrogens with zero attached hydrogens (tertiary/aromatic N) is 1. The molecule has 7 aromatic rings. The number of hydrogen-bond donors (Lipinski definition) is 5. The van der Waals surface area contributed by atoms with Crippen molar-refractivity contribution in [3.05, 3.63) is 105 Å². The van der Waals surface area contributed by atoms with E-state index in [-0.39, 0.29) is 17.1 Å². The maximum Gasteiger partial charge on any atom is 3.00 e. The molecule has 0 spiro atoms. The van der Waals surface area contributed by atoms with Gasteiger partial charge in [-0.3, -0.25) is 9.11 Å². The molecule has 13 nitrogen and oxygen atoms in total. The van der Waals surface area contributed by atoms with Crippen LogP contribution in [0.1, 0.15) is 11.4 Å². The number of aromatic amines is 3. The minimum atomic E-state index is -5.84. The van der Waals surface area contributed by atoms with E-state index in [1.54, 1.807) is 0 Å². The molecule has 1 aliphatic rings. The second-order valence-corrected chi connectivity index (χ2v) is 16.7. The van der Waals surface area contributed by atoms with Crippen molar-refractivity contribution in [3.8, 4) is 50.6 Å². The van der Waals surface area contributed by atoms with Crippen molar-refractivity contribution in [3.63, 3.8) is 0 Å². The van der Waals surface area contributed by atoms with E-state index in [4.69, 9.17) is 0 Å². The normalized spacial score (nSPS) is 12.2. The van der Waals surface area contributed by atoms with E-state index in [1.807, 2.05) is 0 Å². The molecule has 5 N–H and O–H groups in total. The van der Waals surface area contributed by atoms with Crippen LogP contribution in [0.4, 0.5) is 52.7 Å². The van der Waals surface area contributed by atoms with Gasteiger partial charge in [-0.25, -0.2) is 31.3 Å². The van der Waals surface area contributed by atoms with Crippen molar-refractivity contribution in [1.82, 2.24) is 19.9 Å². The molecule has 8 rings (SSSR count). The Labute approximate surface area is 381 Å². The van der Waals surface area contributed by atoms with Crippen LogP contribution in [0.3, 0.4) is 0 Å². The Hall–Kier alpha value is -6.71. The predicted octanol–water partition coefficient (Wildman–Crippen LogP) is 9.88. The monoisotopic (exact) mass is 1050 g/mol. The van der Waals surface area contributed by atoms with E-state index >= 15 is 52.7 Å². The number of rotatable bonds is 8. The Kier molecular flexibility index (Phi) is 12.4. The molecule has 28 heteroatoms. The minimum Gasteiger partial charge on any atom is -0.491 e. The molecule has 3 aromatic carbocycles. The molecule has 4 aromatic heterocycles. The van der Waals surface area contributed by atoms with Gasteiger partial charge in [0.25, 0.3) is 20.2 Å². The van der Waals surface area contributed by atoms with Crippen molar-refractivity contribution in [2.75, 3.05) is 21.3 Å². The first-order valence-electron chi connectivity index (χ1n) is 18.0. The molecule has 1 aliphatic heterocycles. The molecule has 0 saturated carbocycles. The van der Waals surface area contributed by atoms with Gasteiger partial charge in [-0.15, -0.1) is 0 Å². The number of methoxy groups -OCH3 is 3. The average Bonchev–Trinajstić information content (AvgIpc) is 4.10. The van der Waals surface area contributed by atoms with Crippen LogP contribution in [-0.2, 0) is 37.3 Å². The van der Waals surface area contributed by atoms with Crippen molar-refractivity contribution in [2.24, 2.45) is 0 Å². The van der Waals surface area contributed by atoms with Crippen LogP contribution in [0.25, 0.3) is 78.6 Å². The van der Waals surface area contributed by atoms with E-state index in [2.05, 4.69) is 34.1 Å². The van der Waals surface area contributed by atoms with Crippen molar-refractivity contribution in [1.29, 1.82) is 0 Å². The number of aromatic nitrogens is 4. The average molecular weight is 1050 g/mol. The molecule has 8 bridgehead atoms. The fourth-order valence-electron chi connectivity index (χ4n) is 7.49. The van der Waals surface area contributed by atoms with Gasteiger partial charge in [0.15, 0.2) is 52.2 Å². The molecule has 1 radical (unpaired) electrons. The van der Waals surface area contributed by atoms with Crippen LogP contribution in [-0.4, -0.2) is 67.2 Å². The van der Waals surface area contributed by atoms with Crippen LogP contribution in [0.2, 0.25) is 0 Å². The summed E-state index contributed by atoms with van der Waals surface area (Å²) < 4.78 is 276. The van der Waals surface area contributed by atoms with Crippen molar-refractivity contribution >= 4 is 65.5 Å². The van der Waals surface area contributed by atoms with Gasteiger partial charge in [-0.2, -0.15) is 43.2 Å². The van der Waals surface area contributed by atoms with Gasteiger partial charge in [0.05, 0.1) is 71.5 Å². The van der Waals surface area contributed by atoms with E-state index in [0.717, 1.165) is 12.1 Å². The quantitative estimate of drug-likeness (QED) is 0.0423. The van der Waals surface area contributed by atoms with E-state index in [1.165, 1.54) is 0 Å². The minimum absolute atomic E-state index is 0. The first-order chi connectivity index (χ1) is 31.4. The number of nitrogens with one attached hydrogen (secondary N) is 3. The summed E-state index contributed by atoms with van der Waals surface area (Å²) in [6.07, 6.45) is 1.30. The molecular weight excluding hydrogens is 1030 g/mol. The number of benzene rings is 3. The number of fused-ring (bicyclic) bond motifs is 9. The third-order valence-electron chi connectivity index (χ3n) is 10.3. The first-order valence-corrected chi connectivity index (χ1v) is 20.8. The zero-order chi connectivity index (χ0) is 49.1. The number of ether oxygens (including phenoxy) is 3. The second-order valence-electron chi connectivity index (χ2n) is 13.9. The Morgan fingerprint density at radius 2 is 0.750 bits per heavy atom. The summed E-state index contributed by atoms with van der Waals surface area (Å²) in [5.41, 5.74) is -17.2. The summed E-state index contributed by atoms with van der Waals surface area (Å²) in [5.74, 6) is -32.1. The summed E-state index contributed by atoms with van der Waals surface area (Å²) >= 11 is 0. The molecule has 0 amide bonds. The summed E-state index contributed by atoms with van der Waals surface area (Å²) in [7, 11) is -9.72. The van der Waals surface area contributed by atoms with Gasteiger partial charge in [0.1, 0.15) is 9.79 Å². The zero-order valence-corrected chi connectivity index (χ0v) is 36.1. The SMILES string of the molecule is COc1c(F)c(F)c(-c2c3nc(c(-c4c(F)c(F)c(OC)c(F)c4F)c4[nH]c(cc4S(=O)(=O)O)c4[nH]c(cc4S(=O)(=O)O)c(-c4c(F)c(F)c(OC)c(F)c4F)c4ccc2[nH]4)C=C3)c(F)c1F.[Fe+3]. The summed E-state index contributed by atoms with van der Waals surface area (Å²) in [4.78, 5) is 7.84. The van der Waals surface area contributed by atoms with Gasteiger partial charge in [0.2, 0.25) is 34.9 Å². The number of halogens is 12. The van der Waals surface area contributed by atoms with Crippen molar-refractivity contribution in [2.45, 2.75) is 9.79 Å². The molecule has 68 heavy (non-hydrogen) atoms. The first kappa shape index (κ1) is 49.2. The zero-order valence-electron chi connectivity index (χ0n) is 33.4. The van der Waals surface area contributed by atoms with E-state index in [0.29, 0.717) is 45.6 Å². The van der Waals surface area contributed by atoms with Crippen LogP contribution < -0.4 is 14.2 Å². The van der Waals surface area contributed by atoms with Gasteiger partial charge < -0.3 is 29.2 Å².